The van der Waals surface area contributed by atoms with Gasteiger partial charge in [-0.05, 0) is 12.1 Å². The summed E-state index contributed by atoms with van der Waals surface area (Å²) in [6, 6.07) is 9.43. The molecule has 3 nitrogen and oxygen atoms in total. The smallest absolute Gasteiger partial charge is 0.253 e. The summed E-state index contributed by atoms with van der Waals surface area (Å²) in [5.74, 6) is -0.0828. The molecule has 1 unspecified atom stereocenters. The average Bonchev–Trinajstić information content (AvgIpc) is 2.35. The lowest BCUT2D eigenvalue weighted by atomic mass is 10.1. The maximum absolute atomic E-state index is 12.0. The summed E-state index contributed by atoms with van der Waals surface area (Å²) >= 11 is 3.39. The molecule has 0 bridgehead atoms. The van der Waals surface area contributed by atoms with Gasteiger partial charge in [0.15, 0.2) is 0 Å². The Hall–Kier alpha value is -1.42. The molecule has 0 fully saturated rings. The SMILES string of the molecule is CC(Br)CNC(=O)c1cccc2cccnc12. The Bertz CT molecular complexity index is 534. The molecule has 1 aromatic carbocycles. The van der Waals surface area contributed by atoms with Crippen LogP contribution in [0.2, 0.25) is 0 Å². The minimum absolute atomic E-state index is 0.0828. The topological polar surface area (TPSA) is 42.0 Å². The first-order valence-electron chi connectivity index (χ1n) is 5.44. The molecule has 0 saturated heterocycles. The molecule has 0 aliphatic rings. The van der Waals surface area contributed by atoms with Crippen molar-refractivity contribution in [1.29, 1.82) is 0 Å². The number of carbonyl (C=O) groups is 1. The molecule has 1 aromatic heterocycles. The first kappa shape index (κ1) is 12.0. The number of hydrogen-bond donors (Lipinski definition) is 1. The molecule has 0 saturated carbocycles. The molecule has 2 aromatic rings. The number of halogens is 1. The van der Waals surface area contributed by atoms with Gasteiger partial charge in [0.1, 0.15) is 0 Å². The number of nitrogens with zero attached hydrogens (tertiary/aromatic N) is 1. The molecular weight excluding hydrogens is 280 g/mol. The van der Waals surface area contributed by atoms with Gasteiger partial charge >= 0.3 is 0 Å². The lowest BCUT2D eigenvalue weighted by Crippen LogP contribution is -2.28. The van der Waals surface area contributed by atoms with E-state index in [4.69, 9.17) is 0 Å². The number of amides is 1. The van der Waals surface area contributed by atoms with Gasteiger partial charge in [-0.25, -0.2) is 0 Å². The predicted molar refractivity (Wildman–Crippen MR) is 72.5 cm³/mol. The minimum atomic E-state index is -0.0828. The third kappa shape index (κ3) is 2.82. The maximum Gasteiger partial charge on any atom is 0.253 e. The molecule has 1 amide bonds. The van der Waals surface area contributed by atoms with Crippen molar-refractivity contribution in [3.05, 3.63) is 42.1 Å². The zero-order valence-electron chi connectivity index (χ0n) is 9.48. The van der Waals surface area contributed by atoms with Gasteiger partial charge in [-0.1, -0.05) is 41.1 Å². The van der Waals surface area contributed by atoms with Crippen LogP contribution in [-0.2, 0) is 0 Å². The van der Waals surface area contributed by atoms with Crippen molar-refractivity contribution < 1.29 is 4.79 Å². The van der Waals surface area contributed by atoms with Crippen LogP contribution >= 0.6 is 15.9 Å². The number of nitrogens with one attached hydrogen (secondary N) is 1. The van der Waals surface area contributed by atoms with Crippen LogP contribution in [0, 0.1) is 0 Å². The van der Waals surface area contributed by atoms with Crippen LogP contribution in [0.25, 0.3) is 10.9 Å². The number of rotatable bonds is 3. The fourth-order valence-corrected chi connectivity index (χ4v) is 1.78. The van der Waals surface area contributed by atoms with Gasteiger partial charge in [-0.2, -0.15) is 0 Å². The van der Waals surface area contributed by atoms with Crippen LogP contribution in [0.1, 0.15) is 17.3 Å². The Labute approximate surface area is 108 Å². The van der Waals surface area contributed by atoms with E-state index < -0.39 is 0 Å². The van der Waals surface area contributed by atoms with Crippen molar-refractivity contribution in [3.8, 4) is 0 Å². The molecule has 0 spiro atoms. The third-order valence-electron chi connectivity index (χ3n) is 2.42. The van der Waals surface area contributed by atoms with E-state index in [1.807, 2.05) is 31.2 Å². The number of para-hydroxylation sites is 1. The highest BCUT2D eigenvalue weighted by molar-refractivity contribution is 9.09. The number of pyridine rings is 1. The van der Waals surface area contributed by atoms with Crippen molar-refractivity contribution >= 4 is 32.7 Å². The van der Waals surface area contributed by atoms with Crippen molar-refractivity contribution in [2.75, 3.05) is 6.54 Å². The molecule has 2 rings (SSSR count). The van der Waals surface area contributed by atoms with E-state index in [1.54, 1.807) is 12.3 Å². The monoisotopic (exact) mass is 292 g/mol. The van der Waals surface area contributed by atoms with Crippen molar-refractivity contribution in [1.82, 2.24) is 10.3 Å². The van der Waals surface area contributed by atoms with E-state index in [-0.39, 0.29) is 10.7 Å². The highest BCUT2D eigenvalue weighted by Gasteiger charge is 2.10. The first-order chi connectivity index (χ1) is 8.18. The molecule has 0 aliphatic carbocycles. The maximum atomic E-state index is 12.0. The summed E-state index contributed by atoms with van der Waals surface area (Å²) in [4.78, 5) is 16.5. The summed E-state index contributed by atoms with van der Waals surface area (Å²) in [6.45, 7) is 2.59. The Morgan fingerprint density at radius 3 is 2.94 bits per heavy atom. The number of hydrogen-bond acceptors (Lipinski definition) is 2. The molecule has 17 heavy (non-hydrogen) atoms. The summed E-state index contributed by atoms with van der Waals surface area (Å²) in [7, 11) is 0. The van der Waals surface area contributed by atoms with E-state index >= 15 is 0 Å². The standard InChI is InChI=1S/C13H13BrN2O/c1-9(14)8-16-13(17)11-6-2-4-10-5-3-7-15-12(10)11/h2-7,9H,8H2,1H3,(H,16,17). The molecule has 0 aliphatic heterocycles. The van der Waals surface area contributed by atoms with E-state index in [9.17, 15) is 4.79 Å². The van der Waals surface area contributed by atoms with Gasteiger partial charge in [0.05, 0.1) is 11.1 Å². The molecule has 88 valence electrons. The van der Waals surface area contributed by atoms with Gasteiger partial charge in [-0.3, -0.25) is 9.78 Å². The second kappa shape index (κ2) is 5.27. The van der Waals surface area contributed by atoms with Gasteiger partial charge in [0.25, 0.3) is 5.91 Å². The summed E-state index contributed by atoms with van der Waals surface area (Å²) < 4.78 is 0. The fourth-order valence-electron chi connectivity index (χ4n) is 1.62. The summed E-state index contributed by atoms with van der Waals surface area (Å²) in [5, 5.41) is 3.84. The second-order valence-electron chi connectivity index (χ2n) is 3.87. The predicted octanol–water partition coefficient (Wildman–Crippen LogP) is 2.75. The number of alkyl halides is 1. The van der Waals surface area contributed by atoms with E-state index in [0.29, 0.717) is 12.1 Å². The van der Waals surface area contributed by atoms with Gasteiger partial charge < -0.3 is 5.32 Å². The quantitative estimate of drug-likeness (QED) is 0.884. The molecule has 1 atom stereocenters. The molecule has 1 N–H and O–H groups in total. The van der Waals surface area contributed by atoms with Crippen LogP contribution in [0.15, 0.2) is 36.5 Å². The number of fused-ring (bicyclic) bond motifs is 1. The van der Waals surface area contributed by atoms with E-state index in [1.165, 1.54) is 0 Å². The average molecular weight is 293 g/mol. The fraction of sp³-hybridized carbons (Fsp3) is 0.231. The molecule has 0 radical (unpaired) electrons. The van der Waals surface area contributed by atoms with Crippen LogP contribution in [0.3, 0.4) is 0 Å². The van der Waals surface area contributed by atoms with Crippen LogP contribution in [-0.4, -0.2) is 22.3 Å². The number of aromatic nitrogens is 1. The zero-order valence-corrected chi connectivity index (χ0v) is 11.1. The number of benzene rings is 1. The van der Waals surface area contributed by atoms with Crippen LogP contribution in [0.4, 0.5) is 0 Å². The van der Waals surface area contributed by atoms with Gasteiger partial charge in [-0.15, -0.1) is 0 Å². The van der Waals surface area contributed by atoms with Crippen LogP contribution < -0.4 is 5.32 Å². The number of carbonyl (C=O) groups excluding carboxylic acids is 1. The first-order valence-corrected chi connectivity index (χ1v) is 6.36. The van der Waals surface area contributed by atoms with Gasteiger partial charge in [0, 0.05) is 23.0 Å². The summed E-state index contributed by atoms with van der Waals surface area (Å²) in [6.07, 6.45) is 1.70. The molecule has 4 heteroatoms. The van der Waals surface area contributed by atoms with E-state index in [0.717, 1.165) is 10.9 Å². The Morgan fingerprint density at radius 2 is 2.18 bits per heavy atom. The van der Waals surface area contributed by atoms with Crippen LogP contribution in [0.5, 0.6) is 0 Å². The Balaban J connectivity index is 2.32. The van der Waals surface area contributed by atoms with Crippen molar-refractivity contribution in [2.45, 2.75) is 11.8 Å². The van der Waals surface area contributed by atoms with Crippen molar-refractivity contribution in [2.24, 2.45) is 0 Å². The Kier molecular flexibility index (Phi) is 3.74. The highest BCUT2D eigenvalue weighted by Crippen LogP contribution is 2.15. The van der Waals surface area contributed by atoms with E-state index in [2.05, 4.69) is 26.2 Å². The minimum Gasteiger partial charge on any atom is -0.351 e. The normalized spacial score (nSPS) is 12.4. The second-order valence-corrected chi connectivity index (χ2v) is 5.43. The lowest BCUT2D eigenvalue weighted by molar-refractivity contribution is 0.0956. The zero-order chi connectivity index (χ0) is 12.3. The van der Waals surface area contributed by atoms with Gasteiger partial charge in [0.2, 0.25) is 0 Å². The third-order valence-corrected chi connectivity index (χ3v) is 2.74. The molecule has 1 heterocycles. The largest absolute Gasteiger partial charge is 0.351 e. The molecular formula is C13H13BrN2O. The van der Waals surface area contributed by atoms with Crippen molar-refractivity contribution in [3.63, 3.8) is 0 Å². The highest BCUT2D eigenvalue weighted by atomic mass is 79.9. The summed E-state index contributed by atoms with van der Waals surface area (Å²) in [5.41, 5.74) is 1.37. The Morgan fingerprint density at radius 1 is 1.41 bits per heavy atom. The lowest BCUT2D eigenvalue weighted by Gasteiger charge is -2.08.